The van der Waals surface area contributed by atoms with E-state index < -0.39 is 0 Å². The van der Waals surface area contributed by atoms with Crippen molar-refractivity contribution in [3.05, 3.63) is 24.3 Å². The SMILES string of the molecule is CCN(C(=O)c1cncnc1)C1CCNCC1. The summed E-state index contributed by atoms with van der Waals surface area (Å²) in [6.07, 6.45) is 6.65. The lowest BCUT2D eigenvalue weighted by molar-refractivity contribution is 0.0655. The van der Waals surface area contributed by atoms with Crippen LogP contribution < -0.4 is 5.32 Å². The van der Waals surface area contributed by atoms with Gasteiger partial charge in [0.2, 0.25) is 0 Å². The van der Waals surface area contributed by atoms with Gasteiger partial charge < -0.3 is 10.2 Å². The molecule has 1 amide bonds. The van der Waals surface area contributed by atoms with Gasteiger partial charge in [-0.15, -0.1) is 0 Å². The van der Waals surface area contributed by atoms with Crippen molar-refractivity contribution in [1.29, 1.82) is 0 Å². The molecule has 0 aliphatic carbocycles. The highest BCUT2D eigenvalue weighted by Gasteiger charge is 2.24. The molecule has 2 rings (SSSR count). The van der Waals surface area contributed by atoms with Gasteiger partial charge in [0, 0.05) is 25.0 Å². The molecule has 1 aliphatic rings. The minimum absolute atomic E-state index is 0.0417. The minimum Gasteiger partial charge on any atom is -0.336 e. The first-order valence-corrected chi connectivity index (χ1v) is 6.09. The quantitative estimate of drug-likeness (QED) is 0.836. The van der Waals surface area contributed by atoms with Crippen molar-refractivity contribution in [3.63, 3.8) is 0 Å². The van der Waals surface area contributed by atoms with Crippen LogP contribution in [-0.4, -0.2) is 46.5 Å². The molecule has 92 valence electrons. The molecule has 0 aromatic carbocycles. The van der Waals surface area contributed by atoms with Crippen molar-refractivity contribution in [1.82, 2.24) is 20.2 Å². The third-order valence-electron chi connectivity index (χ3n) is 3.16. The first-order chi connectivity index (χ1) is 8.33. The molecule has 0 radical (unpaired) electrons. The van der Waals surface area contributed by atoms with Crippen molar-refractivity contribution in [2.45, 2.75) is 25.8 Å². The molecule has 17 heavy (non-hydrogen) atoms. The summed E-state index contributed by atoms with van der Waals surface area (Å²) >= 11 is 0. The number of hydrogen-bond acceptors (Lipinski definition) is 4. The van der Waals surface area contributed by atoms with E-state index in [1.165, 1.54) is 6.33 Å². The lowest BCUT2D eigenvalue weighted by Crippen LogP contribution is -2.46. The zero-order chi connectivity index (χ0) is 12.1. The van der Waals surface area contributed by atoms with E-state index in [0.717, 1.165) is 32.5 Å². The van der Waals surface area contributed by atoms with Crippen molar-refractivity contribution >= 4 is 5.91 Å². The van der Waals surface area contributed by atoms with Crippen LogP contribution in [0.3, 0.4) is 0 Å². The van der Waals surface area contributed by atoms with E-state index in [2.05, 4.69) is 15.3 Å². The Labute approximate surface area is 101 Å². The van der Waals surface area contributed by atoms with Gasteiger partial charge in [0.25, 0.3) is 5.91 Å². The van der Waals surface area contributed by atoms with Gasteiger partial charge in [0.05, 0.1) is 5.56 Å². The molecule has 0 bridgehead atoms. The Morgan fingerprint density at radius 1 is 1.41 bits per heavy atom. The van der Waals surface area contributed by atoms with Gasteiger partial charge >= 0.3 is 0 Å². The predicted molar refractivity (Wildman–Crippen MR) is 64.6 cm³/mol. The summed E-state index contributed by atoms with van der Waals surface area (Å²) in [7, 11) is 0. The summed E-state index contributed by atoms with van der Waals surface area (Å²) in [5, 5.41) is 3.31. The molecule has 2 heterocycles. The van der Waals surface area contributed by atoms with Crippen LogP contribution in [-0.2, 0) is 0 Å². The largest absolute Gasteiger partial charge is 0.336 e. The Morgan fingerprint density at radius 3 is 2.65 bits per heavy atom. The molecule has 1 saturated heterocycles. The van der Waals surface area contributed by atoms with Gasteiger partial charge in [0.15, 0.2) is 0 Å². The van der Waals surface area contributed by atoms with Crippen LogP contribution in [0.2, 0.25) is 0 Å². The highest BCUT2D eigenvalue weighted by atomic mass is 16.2. The molecule has 1 N–H and O–H groups in total. The summed E-state index contributed by atoms with van der Waals surface area (Å²) in [6.45, 7) is 4.72. The van der Waals surface area contributed by atoms with E-state index in [0.29, 0.717) is 11.6 Å². The monoisotopic (exact) mass is 234 g/mol. The molecular formula is C12H18N4O. The van der Waals surface area contributed by atoms with Crippen LogP contribution in [0.25, 0.3) is 0 Å². The number of amides is 1. The van der Waals surface area contributed by atoms with Crippen LogP contribution >= 0.6 is 0 Å². The Morgan fingerprint density at radius 2 is 2.06 bits per heavy atom. The smallest absolute Gasteiger partial charge is 0.257 e. The van der Waals surface area contributed by atoms with Gasteiger partial charge in [-0.25, -0.2) is 9.97 Å². The third kappa shape index (κ3) is 2.79. The zero-order valence-electron chi connectivity index (χ0n) is 10.1. The maximum absolute atomic E-state index is 12.3. The number of carbonyl (C=O) groups excluding carboxylic acids is 1. The zero-order valence-corrected chi connectivity index (χ0v) is 10.1. The van der Waals surface area contributed by atoms with Gasteiger partial charge in [-0.2, -0.15) is 0 Å². The molecule has 0 spiro atoms. The molecule has 1 aromatic rings. The molecule has 0 saturated carbocycles. The second-order valence-corrected chi connectivity index (χ2v) is 4.20. The number of piperidine rings is 1. The van der Waals surface area contributed by atoms with E-state index in [1.54, 1.807) is 12.4 Å². The Balaban J connectivity index is 2.09. The Bertz CT molecular complexity index is 362. The lowest BCUT2D eigenvalue weighted by Gasteiger charge is -2.33. The van der Waals surface area contributed by atoms with E-state index in [1.807, 2.05) is 11.8 Å². The number of carbonyl (C=O) groups is 1. The van der Waals surface area contributed by atoms with Gasteiger partial charge in [-0.05, 0) is 32.9 Å². The number of nitrogens with zero attached hydrogens (tertiary/aromatic N) is 3. The second-order valence-electron chi connectivity index (χ2n) is 4.20. The number of aromatic nitrogens is 2. The number of nitrogens with one attached hydrogen (secondary N) is 1. The fourth-order valence-electron chi connectivity index (χ4n) is 2.26. The number of rotatable bonds is 3. The molecule has 1 fully saturated rings. The van der Waals surface area contributed by atoms with Crippen LogP contribution in [0.1, 0.15) is 30.1 Å². The first kappa shape index (κ1) is 12.0. The maximum Gasteiger partial charge on any atom is 0.257 e. The second kappa shape index (κ2) is 5.72. The maximum atomic E-state index is 12.3. The average molecular weight is 234 g/mol. The predicted octanol–water partition coefficient (Wildman–Crippen LogP) is 0.691. The Kier molecular flexibility index (Phi) is 4.03. The van der Waals surface area contributed by atoms with Crippen LogP contribution in [0.15, 0.2) is 18.7 Å². The van der Waals surface area contributed by atoms with Crippen molar-refractivity contribution in [3.8, 4) is 0 Å². The summed E-state index contributed by atoms with van der Waals surface area (Å²) < 4.78 is 0. The van der Waals surface area contributed by atoms with Crippen molar-refractivity contribution < 1.29 is 4.79 Å². The van der Waals surface area contributed by atoms with Crippen LogP contribution in [0.5, 0.6) is 0 Å². The molecular weight excluding hydrogens is 216 g/mol. The van der Waals surface area contributed by atoms with Crippen LogP contribution in [0, 0.1) is 0 Å². The Hall–Kier alpha value is -1.49. The summed E-state index contributed by atoms with van der Waals surface area (Å²) in [5.41, 5.74) is 0.577. The van der Waals surface area contributed by atoms with E-state index in [-0.39, 0.29) is 5.91 Å². The van der Waals surface area contributed by atoms with Crippen molar-refractivity contribution in [2.75, 3.05) is 19.6 Å². The van der Waals surface area contributed by atoms with Crippen molar-refractivity contribution in [2.24, 2.45) is 0 Å². The number of hydrogen-bond donors (Lipinski definition) is 1. The first-order valence-electron chi connectivity index (χ1n) is 6.09. The molecule has 5 nitrogen and oxygen atoms in total. The summed E-state index contributed by atoms with van der Waals surface area (Å²) in [4.78, 5) is 22.0. The van der Waals surface area contributed by atoms with Crippen LogP contribution in [0.4, 0.5) is 0 Å². The van der Waals surface area contributed by atoms with E-state index in [9.17, 15) is 4.79 Å². The molecule has 0 atom stereocenters. The highest BCUT2D eigenvalue weighted by molar-refractivity contribution is 5.93. The van der Waals surface area contributed by atoms with Gasteiger partial charge in [0.1, 0.15) is 6.33 Å². The minimum atomic E-state index is 0.0417. The fourth-order valence-corrected chi connectivity index (χ4v) is 2.26. The third-order valence-corrected chi connectivity index (χ3v) is 3.16. The molecule has 0 unspecified atom stereocenters. The molecule has 1 aliphatic heterocycles. The fraction of sp³-hybridized carbons (Fsp3) is 0.583. The molecule has 1 aromatic heterocycles. The normalized spacial score (nSPS) is 16.8. The molecule has 5 heteroatoms. The topological polar surface area (TPSA) is 58.1 Å². The lowest BCUT2D eigenvalue weighted by atomic mass is 10.0. The van der Waals surface area contributed by atoms with Gasteiger partial charge in [-0.3, -0.25) is 4.79 Å². The van der Waals surface area contributed by atoms with E-state index in [4.69, 9.17) is 0 Å². The van der Waals surface area contributed by atoms with E-state index >= 15 is 0 Å². The van der Waals surface area contributed by atoms with Gasteiger partial charge in [-0.1, -0.05) is 0 Å². The average Bonchev–Trinajstić information content (AvgIpc) is 2.42. The summed E-state index contributed by atoms with van der Waals surface area (Å²) in [5.74, 6) is 0.0417. The standard InChI is InChI=1S/C12H18N4O/c1-2-16(11-3-5-13-6-4-11)12(17)10-7-14-9-15-8-10/h7-9,11,13H,2-6H2,1H3. The summed E-state index contributed by atoms with van der Waals surface area (Å²) in [6, 6.07) is 0.342. The highest BCUT2D eigenvalue weighted by Crippen LogP contribution is 2.14.